The van der Waals surface area contributed by atoms with Crippen LogP contribution < -0.4 is 5.32 Å². The van der Waals surface area contributed by atoms with Crippen LogP contribution in [0.2, 0.25) is 5.02 Å². The summed E-state index contributed by atoms with van der Waals surface area (Å²) < 4.78 is 0. The van der Waals surface area contributed by atoms with E-state index in [4.69, 9.17) is 11.6 Å². The highest BCUT2D eigenvalue weighted by molar-refractivity contribution is 6.35. The molecule has 1 aliphatic carbocycles. The van der Waals surface area contributed by atoms with Crippen LogP contribution in [0.4, 0.5) is 0 Å². The number of ketones is 2. The number of amides is 1. The van der Waals surface area contributed by atoms with E-state index in [0.29, 0.717) is 35.5 Å². The van der Waals surface area contributed by atoms with Crippen molar-refractivity contribution in [2.75, 3.05) is 0 Å². The largest absolute Gasteiger partial charge is 0.351 e. The maximum absolute atomic E-state index is 13.1. The third-order valence-corrected chi connectivity index (χ3v) is 6.31. The van der Waals surface area contributed by atoms with Crippen LogP contribution in [0, 0.1) is 28.6 Å². The fourth-order valence-electron chi connectivity index (χ4n) is 4.46. The number of aromatic nitrogens is 1. The Morgan fingerprint density at radius 1 is 1.34 bits per heavy atom. The Bertz CT molecular complexity index is 1060. The Morgan fingerprint density at radius 3 is 2.69 bits per heavy atom. The number of aromatic amines is 1. The van der Waals surface area contributed by atoms with Crippen LogP contribution in [-0.4, -0.2) is 28.5 Å². The van der Waals surface area contributed by atoms with Crippen LogP contribution in [0.15, 0.2) is 24.3 Å². The Labute approximate surface area is 193 Å². The summed E-state index contributed by atoms with van der Waals surface area (Å²) in [6.45, 7) is 6.04. The zero-order valence-electron chi connectivity index (χ0n) is 18.8. The van der Waals surface area contributed by atoms with Crippen molar-refractivity contribution in [2.24, 2.45) is 17.3 Å². The molecule has 1 heterocycles. The number of fused-ring (bicyclic) bond motifs is 1. The molecule has 170 valence electrons. The first kappa shape index (κ1) is 24.0. The molecular formula is C25H30ClN3O3. The Balaban J connectivity index is 1.73. The van der Waals surface area contributed by atoms with Crippen molar-refractivity contribution in [3.63, 3.8) is 0 Å². The number of benzene rings is 1. The van der Waals surface area contributed by atoms with Gasteiger partial charge in [-0.2, -0.15) is 5.26 Å². The molecule has 0 aliphatic heterocycles. The normalized spacial score (nSPS) is 18.3. The lowest BCUT2D eigenvalue weighted by Crippen LogP contribution is -2.41. The zero-order chi connectivity index (χ0) is 23.5. The number of nitrogens with one attached hydrogen (secondary N) is 2. The third-order valence-electron chi connectivity index (χ3n) is 5.99. The zero-order valence-corrected chi connectivity index (χ0v) is 19.6. The van der Waals surface area contributed by atoms with E-state index in [1.54, 1.807) is 12.1 Å². The van der Waals surface area contributed by atoms with Crippen molar-refractivity contribution in [1.29, 1.82) is 5.26 Å². The highest BCUT2D eigenvalue weighted by Gasteiger charge is 2.32. The van der Waals surface area contributed by atoms with E-state index in [9.17, 15) is 19.6 Å². The maximum atomic E-state index is 13.1. The van der Waals surface area contributed by atoms with Gasteiger partial charge >= 0.3 is 0 Å². The fraction of sp³-hybridized carbons (Fsp3) is 0.520. The highest BCUT2D eigenvalue weighted by Crippen LogP contribution is 2.30. The molecule has 0 saturated heterocycles. The standard InChI is InChI=1S/C25H30ClN3O3/c1-25(2,3)13-17(24(32)28-18(14-27)10-15-6-5-9-21(15)30)12-22(31)20-11-16-7-4-8-19(26)23(16)29-20/h4,7-8,11,15,17-18,29H,5-6,9-10,12-13H2,1-3H3,(H,28,32)/t15-,17-,18-/m0/s1. The summed E-state index contributed by atoms with van der Waals surface area (Å²) in [5, 5.41) is 13.7. The number of para-hydroxylation sites is 1. The van der Waals surface area contributed by atoms with Gasteiger partial charge in [0.05, 0.1) is 22.3 Å². The second kappa shape index (κ2) is 9.87. The van der Waals surface area contributed by atoms with E-state index in [0.717, 1.165) is 18.2 Å². The molecule has 32 heavy (non-hydrogen) atoms. The van der Waals surface area contributed by atoms with Gasteiger partial charge in [-0.1, -0.05) is 44.5 Å². The van der Waals surface area contributed by atoms with E-state index in [-0.39, 0.29) is 35.2 Å². The number of hydrogen-bond donors (Lipinski definition) is 2. The van der Waals surface area contributed by atoms with Crippen molar-refractivity contribution >= 4 is 40.0 Å². The number of hydrogen-bond acceptors (Lipinski definition) is 4. The smallest absolute Gasteiger partial charge is 0.224 e. The molecule has 1 fully saturated rings. The van der Waals surface area contributed by atoms with Crippen LogP contribution in [0.3, 0.4) is 0 Å². The lowest BCUT2D eigenvalue weighted by molar-refractivity contribution is -0.127. The van der Waals surface area contributed by atoms with E-state index in [2.05, 4.69) is 16.4 Å². The summed E-state index contributed by atoms with van der Waals surface area (Å²) in [7, 11) is 0. The molecule has 2 N–H and O–H groups in total. The molecule has 1 saturated carbocycles. The van der Waals surface area contributed by atoms with Gasteiger partial charge in [-0.25, -0.2) is 0 Å². The minimum atomic E-state index is -0.737. The Hall–Kier alpha value is -2.65. The third kappa shape index (κ3) is 5.98. The first-order chi connectivity index (χ1) is 15.1. The average molecular weight is 456 g/mol. The van der Waals surface area contributed by atoms with Gasteiger partial charge in [0, 0.05) is 30.1 Å². The maximum Gasteiger partial charge on any atom is 0.224 e. The molecule has 3 rings (SSSR count). The minimum absolute atomic E-state index is 0.0219. The van der Waals surface area contributed by atoms with Crippen molar-refractivity contribution < 1.29 is 14.4 Å². The van der Waals surface area contributed by atoms with Crippen molar-refractivity contribution in [1.82, 2.24) is 10.3 Å². The molecule has 1 aliphatic rings. The van der Waals surface area contributed by atoms with Gasteiger partial charge < -0.3 is 10.3 Å². The van der Waals surface area contributed by atoms with Crippen LogP contribution >= 0.6 is 11.6 Å². The molecule has 0 spiro atoms. The fourth-order valence-corrected chi connectivity index (χ4v) is 4.68. The number of halogens is 1. The van der Waals surface area contributed by atoms with Crippen molar-refractivity contribution in [2.45, 2.75) is 65.3 Å². The summed E-state index contributed by atoms with van der Waals surface area (Å²) >= 11 is 6.21. The summed E-state index contributed by atoms with van der Waals surface area (Å²) in [6.07, 6.45) is 3.00. The first-order valence-electron chi connectivity index (χ1n) is 11.1. The minimum Gasteiger partial charge on any atom is -0.351 e. The van der Waals surface area contributed by atoms with Crippen molar-refractivity contribution in [3.8, 4) is 6.07 Å². The van der Waals surface area contributed by atoms with E-state index < -0.39 is 12.0 Å². The van der Waals surface area contributed by atoms with Crippen molar-refractivity contribution in [3.05, 3.63) is 35.0 Å². The molecule has 1 aromatic heterocycles. The van der Waals surface area contributed by atoms with Crippen LogP contribution in [-0.2, 0) is 9.59 Å². The quantitative estimate of drug-likeness (QED) is 0.533. The highest BCUT2D eigenvalue weighted by atomic mass is 35.5. The summed E-state index contributed by atoms with van der Waals surface area (Å²) in [5.74, 6) is -1.09. The number of nitriles is 1. The Kier molecular flexibility index (Phi) is 7.40. The van der Waals surface area contributed by atoms with Gasteiger partial charge in [-0.3, -0.25) is 14.4 Å². The molecule has 3 atom stereocenters. The molecule has 6 nitrogen and oxygen atoms in total. The van der Waals surface area contributed by atoms with Gasteiger partial charge in [0.2, 0.25) is 5.91 Å². The number of rotatable bonds is 8. The summed E-state index contributed by atoms with van der Waals surface area (Å²) in [6, 6.07) is 8.57. The number of H-pyrrole nitrogens is 1. The van der Waals surface area contributed by atoms with Gasteiger partial charge in [-0.05, 0) is 43.2 Å². The van der Waals surface area contributed by atoms with Gasteiger partial charge in [-0.15, -0.1) is 0 Å². The second-order valence-electron chi connectivity index (χ2n) is 9.96. The number of carbonyl (C=O) groups excluding carboxylic acids is 3. The molecule has 2 aromatic rings. The van der Waals surface area contributed by atoms with E-state index in [1.165, 1.54) is 0 Å². The first-order valence-corrected chi connectivity index (χ1v) is 11.5. The van der Waals surface area contributed by atoms with Crippen LogP contribution in [0.1, 0.15) is 69.8 Å². The van der Waals surface area contributed by atoms with Gasteiger partial charge in [0.25, 0.3) is 0 Å². The molecule has 1 amide bonds. The molecule has 7 heteroatoms. The topological polar surface area (TPSA) is 103 Å². The molecular weight excluding hydrogens is 426 g/mol. The van der Waals surface area contributed by atoms with Gasteiger partial charge in [0.1, 0.15) is 11.8 Å². The van der Waals surface area contributed by atoms with E-state index >= 15 is 0 Å². The molecule has 0 unspecified atom stereocenters. The lowest BCUT2D eigenvalue weighted by Gasteiger charge is -2.26. The molecule has 0 radical (unpaired) electrons. The number of Topliss-reactive ketones (excluding diaryl/α,β-unsaturated/α-hetero) is 2. The van der Waals surface area contributed by atoms with E-state index in [1.807, 2.05) is 32.9 Å². The second-order valence-corrected chi connectivity index (χ2v) is 10.4. The molecule has 0 bridgehead atoms. The summed E-state index contributed by atoms with van der Waals surface area (Å²) in [5.41, 5.74) is 0.920. The monoisotopic (exact) mass is 455 g/mol. The number of nitrogens with zero attached hydrogens (tertiary/aromatic N) is 1. The molecule has 1 aromatic carbocycles. The van der Waals surface area contributed by atoms with Gasteiger partial charge in [0.15, 0.2) is 5.78 Å². The average Bonchev–Trinajstić information content (AvgIpc) is 3.33. The lowest BCUT2D eigenvalue weighted by atomic mass is 9.81. The predicted octanol–water partition coefficient (Wildman–Crippen LogP) is 5.21. The summed E-state index contributed by atoms with van der Waals surface area (Å²) in [4.78, 5) is 41.2. The number of carbonyl (C=O) groups is 3. The van der Waals surface area contributed by atoms with Crippen LogP contribution in [0.25, 0.3) is 10.9 Å². The Morgan fingerprint density at radius 2 is 2.09 bits per heavy atom. The SMILES string of the molecule is CC(C)(C)C[C@H](CC(=O)c1cc2cccc(Cl)c2[nH]1)C(=O)N[C@H](C#N)C[C@@H]1CCCC1=O. The predicted molar refractivity (Wildman–Crippen MR) is 124 cm³/mol. The van der Waals surface area contributed by atoms with Crippen LogP contribution in [0.5, 0.6) is 0 Å².